The summed E-state index contributed by atoms with van der Waals surface area (Å²) in [6, 6.07) is 8.09. The molecule has 0 bridgehead atoms. The Morgan fingerprint density at radius 2 is 2.24 bits per heavy atom. The molecule has 1 N–H and O–H groups in total. The van der Waals surface area contributed by atoms with Gasteiger partial charge in [-0.3, -0.25) is 4.68 Å². The third-order valence-corrected chi connectivity index (χ3v) is 4.03. The van der Waals surface area contributed by atoms with E-state index in [1.165, 1.54) is 19.5 Å². The summed E-state index contributed by atoms with van der Waals surface area (Å²) >= 11 is 0. The third kappa shape index (κ3) is 4.04. The van der Waals surface area contributed by atoms with Gasteiger partial charge in [0.25, 0.3) is 0 Å². The van der Waals surface area contributed by atoms with Gasteiger partial charge in [0.1, 0.15) is 5.82 Å². The molecule has 2 aromatic rings. The molecule has 1 fully saturated rings. The van der Waals surface area contributed by atoms with Gasteiger partial charge in [-0.2, -0.15) is 5.10 Å². The summed E-state index contributed by atoms with van der Waals surface area (Å²) in [5, 5.41) is 7.71. The molecule has 0 amide bonds. The number of likely N-dealkylation sites (tertiary alicyclic amines) is 1. The minimum absolute atomic E-state index is 0.713. The van der Waals surface area contributed by atoms with Gasteiger partial charge in [-0.15, -0.1) is 0 Å². The number of hydrogen-bond acceptors (Lipinski definition) is 4. The van der Waals surface area contributed by atoms with Crippen LogP contribution in [0.3, 0.4) is 0 Å². The van der Waals surface area contributed by atoms with Crippen molar-refractivity contribution in [2.24, 2.45) is 5.92 Å². The first-order chi connectivity index (χ1) is 10.3. The molecule has 112 valence electrons. The highest BCUT2D eigenvalue weighted by molar-refractivity contribution is 5.35. The fourth-order valence-corrected chi connectivity index (χ4v) is 2.85. The topological polar surface area (TPSA) is 46.0 Å². The van der Waals surface area contributed by atoms with E-state index < -0.39 is 0 Å². The van der Waals surface area contributed by atoms with E-state index in [1.54, 1.807) is 0 Å². The van der Waals surface area contributed by atoms with Crippen LogP contribution in [0.1, 0.15) is 12.1 Å². The molecule has 5 nitrogen and oxygen atoms in total. The van der Waals surface area contributed by atoms with Gasteiger partial charge in [-0.1, -0.05) is 6.07 Å². The molecule has 3 heterocycles. The first kappa shape index (κ1) is 14.1. The lowest BCUT2D eigenvalue weighted by Gasteiger charge is -2.16. The molecule has 5 heteroatoms. The molecule has 1 saturated heterocycles. The summed E-state index contributed by atoms with van der Waals surface area (Å²) < 4.78 is 2.00. The van der Waals surface area contributed by atoms with Gasteiger partial charge >= 0.3 is 0 Å². The van der Waals surface area contributed by atoms with Gasteiger partial charge < -0.3 is 10.2 Å². The highest BCUT2D eigenvalue weighted by atomic mass is 15.3. The van der Waals surface area contributed by atoms with Crippen LogP contribution in [0.2, 0.25) is 0 Å². The number of rotatable bonds is 6. The van der Waals surface area contributed by atoms with Crippen molar-refractivity contribution in [2.75, 3.05) is 31.5 Å². The molecule has 1 unspecified atom stereocenters. The average Bonchev–Trinajstić information content (AvgIpc) is 3.15. The quantitative estimate of drug-likeness (QED) is 0.882. The fourth-order valence-electron chi connectivity index (χ4n) is 2.85. The Morgan fingerprint density at radius 1 is 1.29 bits per heavy atom. The van der Waals surface area contributed by atoms with Crippen molar-refractivity contribution in [1.29, 1.82) is 0 Å². The van der Waals surface area contributed by atoms with E-state index in [0.29, 0.717) is 5.92 Å². The van der Waals surface area contributed by atoms with Crippen LogP contribution in [0.15, 0.2) is 36.7 Å². The third-order valence-electron chi connectivity index (χ3n) is 4.03. The van der Waals surface area contributed by atoms with E-state index in [1.807, 2.05) is 42.2 Å². The molecule has 1 aliphatic heterocycles. The van der Waals surface area contributed by atoms with E-state index in [9.17, 15) is 0 Å². The standard InChI is InChI=1S/C16H23N5/c1-14-4-2-5-16(19-14)17-12-15-6-9-20(13-15)10-11-21-8-3-7-18-21/h2-5,7-8,15H,6,9-13H2,1H3,(H,17,19). The number of nitrogens with one attached hydrogen (secondary N) is 1. The summed E-state index contributed by atoms with van der Waals surface area (Å²) in [6.07, 6.45) is 5.13. The molecule has 1 aliphatic rings. The second-order valence-electron chi connectivity index (χ2n) is 5.77. The lowest BCUT2D eigenvalue weighted by molar-refractivity contribution is 0.305. The smallest absolute Gasteiger partial charge is 0.126 e. The molecule has 21 heavy (non-hydrogen) atoms. The Bertz CT molecular complexity index is 552. The number of nitrogens with zero attached hydrogens (tertiary/aromatic N) is 4. The minimum atomic E-state index is 0.713. The van der Waals surface area contributed by atoms with Crippen LogP contribution in [-0.2, 0) is 6.54 Å². The van der Waals surface area contributed by atoms with E-state index in [-0.39, 0.29) is 0 Å². The summed E-state index contributed by atoms with van der Waals surface area (Å²) in [5.74, 6) is 1.70. The maximum atomic E-state index is 4.49. The maximum absolute atomic E-state index is 4.49. The SMILES string of the molecule is Cc1cccc(NCC2CCN(CCn3cccn3)C2)n1. The Balaban J connectivity index is 1.40. The first-order valence-corrected chi connectivity index (χ1v) is 7.67. The summed E-state index contributed by atoms with van der Waals surface area (Å²) in [5.41, 5.74) is 1.06. The van der Waals surface area contributed by atoms with Gasteiger partial charge in [-0.05, 0) is 44.0 Å². The molecule has 2 aromatic heterocycles. The van der Waals surface area contributed by atoms with Crippen LogP contribution >= 0.6 is 0 Å². The van der Waals surface area contributed by atoms with Crippen molar-refractivity contribution < 1.29 is 0 Å². The zero-order valence-electron chi connectivity index (χ0n) is 12.6. The lowest BCUT2D eigenvalue weighted by atomic mass is 10.1. The van der Waals surface area contributed by atoms with Gasteiger partial charge in [0.05, 0.1) is 6.54 Å². The van der Waals surface area contributed by atoms with Crippen LogP contribution in [0.5, 0.6) is 0 Å². The molecule has 0 radical (unpaired) electrons. The lowest BCUT2D eigenvalue weighted by Crippen LogP contribution is -2.26. The molecule has 0 saturated carbocycles. The molecular formula is C16H23N5. The number of aromatic nitrogens is 3. The van der Waals surface area contributed by atoms with Crippen LogP contribution in [0.4, 0.5) is 5.82 Å². The predicted molar refractivity (Wildman–Crippen MR) is 84.2 cm³/mol. The molecule has 3 rings (SSSR count). The van der Waals surface area contributed by atoms with Crippen molar-refractivity contribution in [2.45, 2.75) is 19.9 Å². The van der Waals surface area contributed by atoms with Crippen LogP contribution < -0.4 is 5.32 Å². The highest BCUT2D eigenvalue weighted by Gasteiger charge is 2.21. The Kier molecular flexibility index (Phi) is 4.50. The maximum Gasteiger partial charge on any atom is 0.126 e. The van der Waals surface area contributed by atoms with E-state index in [0.717, 1.165) is 31.1 Å². The monoisotopic (exact) mass is 285 g/mol. The molecule has 0 spiro atoms. The molecular weight excluding hydrogens is 262 g/mol. The van der Waals surface area contributed by atoms with Crippen molar-refractivity contribution in [3.8, 4) is 0 Å². The van der Waals surface area contributed by atoms with Crippen LogP contribution in [0.25, 0.3) is 0 Å². The zero-order chi connectivity index (χ0) is 14.5. The van der Waals surface area contributed by atoms with Crippen LogP contribution in [-0.4, -0.2) is 45.8 Å². The number of anilines is 1. The Labute approximate surface area is 126 Å². The first-order valence-electron chi connectivity index (χ1n) is 7.67. The highest BCUT2D eigenvalue weighted by Crippen LogP contribution is 2.16. The summed E-state index contributed by atoms with van der Waals surface area (Å²) in [4.78, 5) is 7.01. The van der Waals surface area contributed by atoms with Gasteiger partial charge in [0.15, 0.2) is 0 Å². The van der Waals surface area contributed by atoms with Crippen molar-refractivity contribution >= 4 is 5.82 Å². The van der Waals surface area contributed by atoms with E-state index in [2.05, 4.69) is 26.4 Å². The van der Waals surface area contributed by atoms with Crippen molar-refractivity contribution in [3.05, 3.63) is 42.4 Å². The van der Waals surface area contributed by atoms with E-state index >= 15 is 0 Å². The van der Waals surface area contributed by atoms with Crippen LogP contribution in [0, 0.1) is 12.8 Å². The number of pyridine rings is 1. The van der Waals surface area contributed by atoms with Gasteiger partial charge in [0.2, 0.25) is 0 Å². The average molecular weight is 285 g/mol. The predicted octanol–water partition coefficient (Wildman–Crippen LogP) is 2.02. The Morgan fingerprint density at radius 3 is 3.05 bits per heavy atom. The van der Waals surface area contributed by atoms with Gasteiger partial charge in [-0.25, -0.2) is 4.98 Å². The van der Waals surface area contributed by atoms with Gasteiger partial charge in [0, 0.05) is 37.7 Å². The fraction of sp³-hybridized carbons (Fsp3) is 0.500. The minimum Gasteiger partial charge on any atom is -0.370 e. The van der Waals surface area contributed by atoms with Crippen molar-refractivity contribution in [3.63, 3.8) is 0 Å². The molecule has 0 aliphatic carbocycles. The largest absolute Gasteiger partial charge is 0.370 e. The molecule has 1 atom stereocenters. The second kappa shape index (κ2) is 6.72. The Hall–Kier alpha value is -1.88. The van der Waals surface area contributed by atoms with E-state index in [4.69, 9.17) is 0 Å². The number of aryl methyl sites for hydroxylation is 1. The zero-order valence-corrected chi connectivity index (χ0v) is 12.6. The second-order valence-corrected chi connectivity index (χ2v) is 5.77. The molecule has 0 aromatic carbocycles. The summed E-state index contributed by atoms with van der Waals surface area (Å²) in [6.45, 7) is 7.45. The van der Waals surface area contributed by atoms with Crippen molar-refractivity contribution in [1.82, 2.24) is 19.7 Å². The normalized spacial score (nSPS) is 19.0. The number of hydrogen-bond donors (Lipinski definition) is 1. The summed E-state index contributed by atoms with van der Waals surface area (Å²) in [7, 11) is 0.